The molecule has 0 aliphatic heterocycles. The lowest BCUT2D eigenvalue weighted by atomic mass is 10.0. The fourth-order valence-electron chi connectivity index (χ4n) is 3.07. The third kappa shape index (κ3) is 3.98. The van der Waals surface area contributed by atoms with Gasteiger partial charge < -0.3 is 25.1 Å². The number of aromatic hydroxyl groups is 1. The van der Waals surface area contributed by atoms with Crippen molar-refractivity contribution < 1.29 is 23.1 Å². The van der Waals surface area contributed by atoms with Crippen molar-refractivity contribution in [1.82, 2.24) is 4.90 Å². The average molecular weight is 445 g/mol. The molecule has 0 fully saturated rings. The summed E-state index contributed by atoms with van der Waals surface area (Å²) >= 11 is 0. The van der Waals surface area contributed by atoms with E-state index in [9.17, 15) is 28.3 Å². The van der Waals surface area contributed by atoms with E-state index in [0.717, 1.165) is 0 Å². The Labute approximate surface area is 181 Å². The molecule has 0 bridgehead atoms. The van der Waals surface area contributed by atoms with E-state index in [-0.39, 0.29) is 22.7 Å². The molecule has 0 saturated carbocycles. The number of halogens is 2. The van der Waals surface area contributed by atoms with E-state index in [0.29, 0.717) is 11.8 Å². The fraction of sp³-hybridized carbons (Fsp3) is 0.227. The van der Waals surface area contributed by atoms with Crippen molar-refractivity contribution in [1.29, 1.82) is 0 Å². The Morgan fingerprint density at radius 2 is 1.84 bits per heavy atom. The highest BCUT2D eigenvalue weighted by molar-refractivity contribution is 5.99. The molecule has 1 aromatic heterocycles. The van der Waals surface area contributed by atoms with Gasteiger partial charge in [-0.25, -0.2) is 0 Å². The van der Waals surface area contributed by atoms with Crippen LogP contribution in [0.2, 0.25) is 0 Å². The van der Waals surface area contributed by atoms with Crippen molar-refractivity contribution in [3.05, 3.63) is 80.5 Å². The van der Waals surface area contributed by atoms with Crippen LogP contribution in [0.25, 0.3) is 0 Å². The van der Waals surface area contributed by atoms with Crippen molar-refractivity contribution >= 4 is 23.0 Å². The standard InChI is InChI=1S/C22H21F2N3O5/c1-5-22(23,24)20(14-10-9-11(2)32-14)26-16-15(18(29)19(16)30)25-13-8-6-7-12(17(13)28)21(31)27(3)4/h5-10,20,25-26,28H,1H2,2-4H3/t20-/m0/s1. The predicted molar refractivity (Wildman–Crippen MR) is 116 cm³/mol. The first kappa shape index (κ1) is 22.7. The minimum Gasteiger partial charge on any atom is -0.505 e. The van der Waals surface area contributed by atoms with Gasteiger partial charge in [0, 0.05) is 14.1 Å². The van der Waals surface area contributed by atoms with Crippen LogP contribution in [0.15, 0.2) is 57.0 Å². The number of rotatable bonds is 8. The second kappa shape index (κ2) is 8.29. The van der Waals surface area contributed by atoms with Crippen LogP contribution in [0.5, 0.6) is 5.75 Å². The van der Waals surface area contributed by atoms with Gasteiger partial charge in [-0.05, 0) is 37.3 Å². The highest BCUT2D eigenvalue weighted by Crippen LogP contribution is 2.38. The lowest BCUT2D eigenvalue weighted by Crippen LogP contribution is -2.40. The maximum Gasteiger partial charge on any atom is 0.293 e. The molecule has 3 rings (SSSR count). The number of phenolic OH excluding ortho intramolecular Hbond substituents is 1. The summed E-state index contributed by atoms with van der Waals surface area (Å²) < 4.78 is 34.4. The molecule has 0 aliphatic carbocycles. The SMILES string of the molecule is C=CC(F)(F)[C@@H](Nc1c(Nc2cccc(C(=O)N(C)C)c2O)c(=O)c1=O)c1ccc(C)o1. The zero-order valence-corrected chi connectivity index (χ0v) is 17.5. The first-order chi connectivity index (χ1) is 15.0. The number of aryl methyl sites for hydroxylation is 1. The summed E-state index contributed by atoms with van der Waals surface area (Å²) in [5.41, 5.74) is -2.80. The van der Waals surface area contributed by atoms with E-state index in [4.69, 9.17) is 4.42 Å². The van der Waals surface area contributed by atoms with Crippen LogP contribution in [0.4, 0.5) is 25.8 Å². The Morgan fingerprint density at radius 1 is 1.19 bits per heavy atom. The maximum atomic E-state index is 14.5. The molecule has 3 aromatic rings. The summed E-state index contributed by atoms with van der Waals surface area (Å²) in [6.45, 7) is 4.70. The monoisotopic (exact) mass is 445 g/mol. The Hall–Kier alpha value is -3.95. The summed E-state index contributed by atoms with van der Waals surface area (Å²) in [6, 6.07) is 5.20. The Morgan fingerprint density at radius 3 is 2.41 bits per heavy atom. The van der Waals surface area contributed by atoms with Crippen molar-refractivity contribution in [3.63, 3.8) is 0 Å². The number of amides is 1. The first-order valence-electron chi connectivity index (χ1n) is 9.46. The molecule has 1 heterocycles. The van der Waals surface area contributed by atoms with Crippen molar-refractivity contribution in [2.75, 3.05) is 24.7 Å². The molecular weight excluding hydrogens is 424 g/mol. The minimum atomic E-state index is -3.53. The Kier molecular flexibility index (Phi) is 5.89. The van der Waals surface area contributed by atoms with Crippen molar-refractivity contribution in [2.24, 2.45) is 0 Å². The van der Waals surface area contributed by atoms with Crippen molar-refractivity contribution in [2.45, 2.75) is 18.9 Å². The minimum absolute atomic E-state index is 0.0460. The number of carbonyl (C=O) groups is 1. The third-order valence-electron chi connectivity index (χ3n) is 4.83. The summed E-state index contributed by atoms with van der Waals surface area (Å²) in [7, 11) is 2.99. The smallest absolute Gasteiger partial charge is 0.293 e. The third-order valence-corrected chi connectivity index (χ3v) is 4.83. The van der Waals surface area contributed by atoms with Gasteiger partial charge in [-0.3, -0.25) is 14.4 Å². The molecule has 8 nitrogen and oxygen atoms in total. The predicted octanol–water partition coefficient (Wildman–Crippen LogP) is 3.31. The van der Waals surface area contributed by atoms with Crippen LogP contribution in [0, 0.1) is 6.92 Å². The van der Waals surface area contributed by atoms with Gasteiger partial charge in [0.1, 0.15) is 22.9 Å². The second-order valence-electron chi connectivity index (χ2n) is 7.34. The van der Waals surface area contributed by atoms with E-state index >= 15 is 0 Å². The number of nitrogens with one attached hydrogen (secondary N) is 2. The Bertz CT molecular complexity index is 1260. The number of anilines is 3. The largest absolute Gasteiger partial charge is 0.505 e. The van der Waals surface area contributed by atoms with Crippen LogP contribution in [0.1, 0.15) is 27.9 Å². The summed E-state index contributed by atoms with van der Waals surface area (Å²) in [5, 5.41) is 15.4. The molecule has 1 amide bonds. The average Bonchev–Trinajstić information content (AvgIpc) is 3.18. The van der Waals surface area contributed by atoms with Crippen LogP contribution < -0.4 is 21.5 Å². The number of nitrogens with zero attached hydrogens (tertiary/aromatic N) is 1. The topological polar surface area (TPSA) is 112 Å². The number of hydrogen-bond donors (Lipinski definition) is 3. The summed E-state index contributed by atoms with van der Waals surface area (Å²) in [5.74, 6) is -4.26. The van der Waals surface area contributed by atoms with E-state index in [1.165, 1.54) is 49.3 Å². The molecule has 3 N–H and O–H groups in total. The molecule has 0 aliphatic rings. The molecule has 32 heavy (non-hydrogen) atoms. The van der Waals surface area contributed by atoms with E-state index in [1.54, 1.807) is 6.92 Å². The zero-order chi connectivity index (χ0) is 23.8. The normalized spacial score (nSPS) is 12.4. The van der Waals surface area contributed by atoms with Crippen molar-refractivity contribution in [3.8, 4) is 5.75 Å². The van der Waals surface area contributed by atoms with Crippen LogP contribution in [-0.2, 0) is 0 Å². The number of carbonyl (C=O) groups excluding carboxylic acids is 1. The quantitative estimate of drug-likeness (QED) is 0.277. The van der Waals surface area contributed by atoms with E-state index in [2.05, 4.69) is 17.2 Å². The molecule has 0 saturated heterocycles. The van der Waals surface area contributed by atoms with E-state index < -0.39 is 40.2 Å². The van der Waals surface area contributed by atoms with Gasteiger partial charge in [0.25, 0.3) is 22.7 Å². The Balaban J connectivity index is 1.98. The van der Waals surface area contributed by atoms with Gasteiger partial charge >= 0.3 is 0 Å². The number of benzene rings is 1. The lowest BCUT2D eigenvalue weighted by Gasteiger charge is -2.26. The zero-order valence-electron chi connectivity index (χ0n) is 17.5. The summed E-state index contributed by atoms with van der Waals surface area (Å²) in [6.07, 6.45) is 0.406. The molecule has 0 radical (unpaired) electrons. The lowest BCUT2D eigenvalue weighted by molar-refractivity contribution is 0.0265. The highest BCUT2D eigenvalue weighted by Gasteiger charge is 2.41. The van der Waals surface area contributed by atoms with Gasteiger partial charge in [0.15, 0.2) is 11.8 Å². The molecule has 0 unspecified atom stereocenters. The fourth-order valence-corrected chi connectivity index (χ4v) is 3.07. The maximum absolute atomic E-state index is 14.5. The van der Waals surface area contributed by atoms with E-state index in [1.807, 2.05) is 0 Å². The van der Waals surface area contributed by atoms with Gasteiger partial charge in [-0.1, -0.05) is 12.6 Å². The number of furan rings is 1. The molecule has 0 spiro atoms. The van der Waals surface area contributed by atoms with Gasteiger partial charge in [0.05, 0.1) is 11.3 Å². The van der Waals surface area contributed by atoms with Gasteiger partial charge in [-0.15, -0.1) is 0 Å². The number of hydrogen-bond acceptors (Lipinski definition) is 7. The number of phenols is 1. The molecular formula is C22H21F2N3O5. The summed E-state index contributed by atoms with van der Waals surface area (Å²) in [4.78, 5) is 37.8. The second-order valence-corrected chi connectivity index (χ2v) is 7.34. The first-order valence-corrected chi connectivity index (χ1v) is 9.46. The number of alkyl halides is 2. The highest BCUT2D eigenvalue weighted by atomic mass is 19.3. The van der Waals surface area contributed by atoms with Crippen LogP contribution >= 0.6 is 0 Å². The molecule has 10 heteroatoms. The number of para-hydroxylation sites is 1. The van der Waals surface area contributed by atoms with Crippen LogP contribution in [0.3, 0.4) is 0 Å². The van der Waals surface area contributed by atoms with Gasteiger partial charge in [0.2, 0.25) is 0 Å². The molecule has 2 aromatic carbocycles. The van der Waals surface area contributed by atoms with Gasteiger partial charge in [-0.2, -0.15) is 8.78 Å². The van der Waals surface area contributed by atoms with Crippen LogP contribution in [-0.4, -0.2) is 35.9 Å². The molecule has 1 atom stereocenters. The molecule has 168 valence electrons.